The lowest BCUT2D eigenvalue weighted by molar-refractivity contribution is -0.383. The van der Waals surface area contributed by atoms with Gasteiger partial charge < -0.3 is 10.1 Å². The fourth-order valence-electron chi connectivity index (χ4n) is 2.57. The highest BCUT2D eigenvalue weighted by Crippen LogP contribution is 2.34. The second-order valence-electron chi connectivity index (χ2n) is 6.09. The highest BCUT2D eigenvalue weighted by Gasteiger charge is 2.24. The van der Waals surface area contributed by atoms with Gasteiger partial charge in [0.15, 0.2) is 0 Å². The van der Waals surface area contributed by atoms with Gasteiger partial charge in [0.25, 0.3) is 5.91 Å². The zero-order valence-corrected chi connectivity index (χ0v) is 16.7. The van der Waals surface area contributed by atoms with E-state index < -0.39 is 16.5 Å². The van der Waals surface area contributed by atoms with E-state index in [4.69, 9.17) is 16.3 Å². The molecule has 0 fully saturated rings. The summed E-state index contributed by atoms with van der Waals surface area (Å²) < 4.78 is 5.28. The van der Waals surface area contributed by atoms with Gasteiger partial charge in [-0.1, -0.05) is 17.7 Å². The number of hydrogen-bond donors (Lipinski definition) is 3. The third-order valence-corrected chi connectivity index (χ3v) is 4.27. The summed E-state index contributed by atoms with van der Waals surface area (Å²) in [4.78, 5) is 31.1. The molecule has 0 saturated carbocycles. The van der Waals surface area contributed by atoms with Crippen LogP contribution < -0.4 is 20.9 Å². The topological polar surface area (TPSA) is 131 Å². The van der Waals surface area contributed by atoms with E-state index in [0.717, 1.165) is 11.9 Å². The lowest BCUT2D eigenvalue weighted by Gasteiger charge is -2.13. The summed E-state index contributed by atoms with van der Waals surface area (Å²) >= 11 is 5.81. The number of aryl methyl sites for hydroxylation is 1. The van der Waals surface area contributed by atoms with Crippen LogP contribution in [0.1, 0.15) is 15.9 Å². The summed E-state index contributed by atoms with van der Waals surface area (Å²) in [7, 11) is 1.49. The Balaban J connectivity index is 1.86. The van der Waals surface area contributed by atoms with Gasteiger partial charge in [-0.3, -0.25) is 25.8 Å². The second-order valence-corrected chi connectivity index (χ2v) is 6.53. The number of benzene rings is 2. The number of carbonyl (C=O) groups excluding carboxylic acids is 1. The Morgan fingerprint density at radius 1 is 1.13 bits per heavy atom. The monoisotopic (exact) mass is 428 g/mol. The van der Waals surface area contributed by atoms with Crippen LogP contribution in [-0.2, 0) is 0 Å². The molecule has 0 spiro atoms. The Morgan fingerprint density at radius 3 is 2.50 bits per heavy atom. The molecular formula is C19H17ClN6O4. The van der Waals surface area contributed by atoms with Gasteiger partial charge in [-0.25, -0.2) is 9.97 Å². The molecule has 0 bridgehead atoms. The van der Waals surface area contributed by atoms with Crippen molar-refractivity contribution < 1.29 is 14.5 Å². The minimum absolute atomic E-state index is 0.0675. The number of aromatic nitrogens is 2. The molecule has 0 aliphatic heterocycles. The van der Waals surface area contributed by atoms with Crippen molar-refractivity contribution in [1.29, 1.82) is 0 Å². The van der Waals surface area contributed by atoms with Crippen LogP contribution in [0, 0.1) is 17.0 Å². The molecule has 30 heavy (non-hydrogen) atoms. The average Bonchev–Trinajstić information content (AvgIpc) is 2.72. The third kappa shape index (κ3) is 4.73. The number of nitrogens with zero attached hydrogens (tertiary/aromatic N) is 3. The SMILES string of the molecule is COc1ccc(C)cc1Nc1ncnc(NNC(=O)c2ccc(Cl)cc2)c1[N+](=O)[O-]. The van der Waals surface area contributed by atoms with Crippen molar-refractivity contribution in [3.8, 4) is 5.75 Å². The molecule has 0 aliphatic rings. The van der Waals surface area contributed by atoms with Gasteiger partial charge >= 0.3 is 5.69 Å². The maximum absolute atomic E-state index is 12.2. The molecule has 0 atom stereocenters. The number of amides is 1. The molecule has 0 radical (unpaired) electrons. The van der Waals surface area contributed by atoms with E-state index in [-0.39, 0.29) is 11.6 Å². The Labute approximate surface area is 176 Å². The van der Waals surface area contributed by atoms with E-state index in [1.165, 1.54) is 19.2 Å². The van der Waals surface area contributed by atoms with Crippen molar-refractivity contribution in [1.82, 2.24) is 15.4 Å². The number of ether oxygens (including phenoxy) is 1. The second kappa shape index (κ2) is 9.05. The molecule has 10 nitrogen and oxygen atoms in total. The fourth-order valence-corrected chi connectivity index (χ4v) is 2.70. The first-order valence-electron chi connectivity index (χ1n) is 8.62. The van der Waals surface area contributed by atoms with Crippen LogP contribution in [0.5, 0.6) is 5.75 Å². The van der Waals surface area contributed by atoms with Gasteiger partial charge in [-0.2, -0.15) is 0 Å². The summed E-state index contributed by atoms with van der Waals surface area (Å²) in [6.07, 6.45) is 1.13. The predicted molar refractivity (Wildman–Crippen MR) is 112 cm³/mol. The molecule has 154 valence electrons. The summed E-state index contributed by atoms with van der Waals surface area (Å²) in [5, 5.41) is 15.1. The Bertz CT molecular complexity index is 1090. The molecule has 1 aromatic heterocycles. The van der Waals surface area contributed by atoms with Crippen LogP contribution in [0.2, 0.25) is 5.02 Å². The van der Waals surface area contributed by atoms with Crippen LogP contribution in [0.25, 0.3) is 0 Å². The highest BCUT2D eigenvalue weighted by atomic mass is 35.5. The number of hydrazine groups is 1. The Morgan fingerprint density at radius 2 is 1.83 bits per heavy atom. The van der Waals surface area contributed by atoms with Gasteiger partial charge in [-0.15, -0.1) is 0 Å². The molecule has 11 heteroatoms. The zero-order valence-electron chi connectivity index (χ0n) is 16.0. The number of nitrogens with one attached hydrogen (secondary N) is 3. The fraction of sp³-hybridized carbons (Fsp3) is 0.105. The van der Waals surface area contributed by atoms with E-state index in [1.807, 2.05) is 13.0 Å². The van der Waals surface area contributed by atoms with Crippen LogP contribution in [0.4, 0.5) is 23.0 Å². The maximum atomic E-state index is 12.2. The van der Waals surface area contributed by atoms with Gasteiger partial charge in [0.05, 0.1) is 17.7 Å². The molecular weight excluding hydrogens is 412 g/mol. The van der Waals surface area contributed by atoms with Crippen LogP contribution in [0.3, 0.4) is 0 Å². The number of nitro groups is 1. The first kappa shape index (κ1) is 20.8. The number of hydrogen-bond acceptors (Lipinski definition) is 8. The predicted octanol–water partition coefficient (Wildman–Crippen LogP) is 3.86. The van der Waals surface area contributed by atoms with Crippen molar-refractivity contribution in [2.75, 3.05) is 17.9 Å². The number of methoxy groups -OCH3 is 1. The van der Waals surface area contributed by atoms with Crippen molar-refractivity contribution in [2.24, 2.45) is 0 Å². The quantitative estimate of drug-likeness (QED) is 0.382. The van der Waals surface area contributed by atoms with Crippen LogP contribution >= 0.6 is 11.6 Å². The maximum Gasteiger partial charge on any atom is 0.355 e. The largest absolute Gasteiger partial charge is 0.495 e. The van der Waals surface area contributed by atoms with Crippen molar-refractivity contribution in [2.45, 2.75) is 6.92 Å². The highest BCUT2D eigenvalue weighted by molar-refractivity contribution is 6.30. The Hall–Kier alpha value is -3.92. The minimum Gasteiger partial charge on any atom is -0.495 e. The van der Waals surface area contributed by atoms with Crippen molar-refractivity contribution >= 4 is 40.5 Å². The normalized spacial score (nSPS) is 10.2. The van der Waals surface area contributed by atoms with Crippen LogP contribution in [0.15, 0.2) is 48.8 Å². The Kier molecular flexibility index (Phi) is 6.28. The third-order valence-electron chi connectivity index (χ3n) is 4.01. The van der Waals surface area contributed by atoms with Gasteiger partial charge in [0, 0.05) is 10.6 Å². The number of carbonyl (C=O) groups is 1. The molecule has 0 unspecified atom stereocenters. The zero-order chi connectivity index (χ0) is 21.7. The van der Waals surface area contributed by atoms with E-state index in [1.54, 1.807) is 24.3 Å². The molecule has 3 aromatic rings. The molecule has 0 aliphatic carbocycles. The summed E-state index contributed by atoms with van der Waals surface area (Å²) in [5.74, 6) is -0.290. The molecule has 3 N–H and O–H groups in total. The van der Waals surface area contributed by atoms with Crippen molar-refractivity contribution in [3.05, 3.63) is 75.1 Å². The van der Waals surface area contributed by atoms with E-state index >= 15 is 0 Å². The minimum atomic E-state index is -0.651. The van der Waals surface area contributed by atoms with Crippen LogP contribution in [-0.4, -0.2) is 27.9 Å². The van der Waals surface area contributed by atoms with Gasteiger partial charge in [0.2, 0.25) is 11.6 Å². The summed E-state index contributed by atoms with van der Waals surface area (Å²) in [6.45, 7) is 1.87. The summed E-state index contributed by atoms with van der Waals surface area (Å²) in [5.41, 5.74) is 6.13. The van der Waals surface area contributed by atoms with E-state index in [0.29, 0.717) is 22.0 Å². The average molecular weight is 429 g/mol. The first-order valence-corrected chi connectivity index (χ1v) is 9.00. The van der Waals surface area contributed by atoms with E-state index in [9.17, 15) is 14.9 Å². The number of halogens is 1. The number of rotatable bonds is 7. The molecule has 3 rings (SSSR count). The van der Waals surface area contributed by atoms with E-state index in [2.05, 4.69) is 26.1 Å². The number of anilines is 3. The lowest BCUT2D eigenvalue weighted by atomic mass is 10.2. The molecule has 0 saturated heterocycles. The van der Waals surface area contributed by atoms with Crippen molar-refractivity contribution in [3.63, 3.8) is 0 Å². The van der Waals surface area contributed by atoms with Gasteiger partial charge in [0.1, 0.15) is 12.1 Å². The van der Waals surface area contributed by atoms with Gasteiger partial charge in [-0.05, 0) is 48.9 Å². The summed E-state index contributed by atoms with van der Waals surface area (Å²) in [6, 6.07) is 11.5. The lowest BCUT2D eigenvalue weighted by Crippen LogP contribution is -2.30. The standard InChI is InChI=1S/C19H17ClN6O4/c1-11-3-8-15(30-2)14(9-11)23-17-16(26(28)29)18(22-10-21-17)24-25-19(27)12-4-6-13(20)7-5-12/h3-10H,1-2H3,(H,25,27)(H2,21,22,23,24). The first-order chi connectivity index (χ1) is 14.4. The molecule has 1 amide bonds. The smallest absolute Gasteiger partial charge is 0.355 e. The molecule has 1 heterocycles. The molecule has 2 aromatic carbocycles.